The molecule has 1 unspecified atom stereocenters. The van der Waals surface area contributed by atoms with Gasteiger partial charge in [-0.3, -0.25) is 0 Å². The van der Waals surface area contributed by atoms with Crippen molar-refractivity contribution in [3.63, 3.8) is 0 Å². The van der Waals surface area contributed by atoms with Crippen LogP contribution >= 0.6 is 0 Å². The predicted octanol–water partition coefficient (Wildman–Crippen LogP) is 1.36. The van der Waals surface area contributed by atoms with Crippen LogP contribution < -0.4 is 5.32 Å². The number of nitrogens with one attached hydrogen (secondary N) is 1. The van der Waals surface area contributed by atoms with Crippen LogP contribution in [0.2, 0.25) is 0 Å². The van der Waals surface area contributed by atoms with Crippen molar-refractivity contribution in [1.82, 2.24) is 9.88 Å². The van der Waals surface area contributed by atoms with Gasteiger partial charge in [-0.2, -0.15) is 0 Å². The van der Waals surface area contributed by atoms with Gasteiger partial charge in [-0.25, -0.2) is 13.6 Å². The topological polar surface area (TPSA) is 54.3 Å². The fourth-order valence-corrected chi connectivity index (χ4v) is 2.01. The molecule has 0 aromatic carbocycles. The molecule has 0 spiro atoms. The molecule has 4 nitrogen and oxygen atoms in total. The maximum absolute atomic E-state index is 13.6. The zero-order valence-electron chi connectivity index (χ0n) is 8.49. The fourth-order valence-electron chi connectivity index (χ4n) is 2.01. The second-order valence-corrected chi connectivity index (χ2v) is 3.85. The van der Waals surface area contributed by atoms with Crippen molar-refractivity contribution in [2.45, 2.75) is 18.4 Å². The highest BCUT2D eigenvalue weighted by atomic mass is 19.3. The summed E-state index contributed by atoms with van der Waals surface area (Å²) < 4.78 is 28.4. The average Bonchev–Trinajstić information content (AvgIpc) is 2.65. The molecule has 1 fully saturated rings. The smallest absolute Gasteiger partial charge is 0.352 e. The Kier molecular flexibility index (Phi) is 2.67. The average molecular weight is 230 g/mol. The van der Waals surface area contributed by atoms with Crippen LogP contribution in [-0.2, 0) is 0 Å². The van der Waals surface area contributed by atoms with Gasteiger partial charge >= 0.3 is 5.97 Å². The summed E-state index contributed by atoms with van der Waals surface area (Å²) in [5.41, 5.74) is -0.0911. The van der Waals surface area contributed by atoms with Crippen molar-refractivity contribution >= 4 is 5.97 Å². The van der Waals surface area contributed by atoms with Crippen molar-refractivity contribution in [3.05, 3.63) is 24.0 Å². The van der Waals surface area contributed by atoms with E-state index in [1.807, 2.05) is 0 Å². The molecule has 1 aromatic rings. The Morgan fingerprint density at radius 2 is 2.38 bits per heavy atom. The summed E-state index contributed by atoms with van der Waals surface area (Å²) in [6.45, 7) is 0.0619. The van der Waals surface area contributed by atoms with E-state index in [2.05, 4.69) is 5.32 Å². The second-order valence-electron chi connectivity index (χ2n) is 3.85. The monoisotopic (exact) mass is 230 g/mol. The first kappa shape index (κ1) is 11.1. The molecule has 16 heavy (non-hydrogen) atoms. The van der Waals surface area contributed by atoms with Crippen LogP contribution in [-0.4, -0.2) is 34.7 Å². The number of alkyl halides is 2. The minimum Gasteiger partial charge on any atom is -0.477 e. The number of hydrogen-bond donors (Lipinski definition) is 2. The molecule has 0 radical (unpaired) electrons. The van der Waals surface area contributed by atoms with Gasteiger partial charge in [0.1, 0.15) is 5.69 Å². The Morgan fingerprint density at radius 1 is 1.62 bits per heavy atom. The predicted molar refractivity (Wildman–Crippen MR) is 52.9 cm³/mol. The Labute approximate surface area is 90.9 Å². The van der Waals surface area contributed by atoms with E-state index in [0.717, 1.165) is 4.57 Å². The lowest BCUT2D eigenvalue weighted by Crippen LogP contribution is -2.47. The molecule has 88 valence electrons. The minimum atomic E-state index is -2.92. The fraction of sp³-hybridized carbons (Fsp3) is 0.500. The first-order valence-corrected chi connectivity index (χ1v) is 5.01. The van der Waals surface area contributed by atoms with Gasteiger partial charge in [-0.1, -0.05) is 0 Å². The normalized spacial score (nSPS) is 24.2. The van der Waals surface area contributed by atoms with Crippen LogP contribution in [0.4, 0.5) is 8.78 Å². The molecule has 0 bridgehead atoms. The largest absolute Gasteiger partial charge is 0.477 e. The molecule has 6 heteroatoms. The van der Waals surface area contributed by atoms with Gasteiger partial charge in [-0.05, 0) is 25.1 Å². The highest BCUT2D eigenvalue weighted by Crippen LogP contribution is 2.34. The Balaban J connectivity index is 2.35. The van der Waals surface area contributed by atoms with Crippen molar-refractivity contribution in [3.8, 4) is 0 Å². The van der Waals surface area contributed by atoms with E-state index >= 15 is 0 Å². The summed E-state index contributed by atoms with van der Waals surface area (Å²) in [7, 11) is 0. The van der Waals surface area contributed by atoms with Crippen LogP contribution in [0.3, 0.4) is 0 Å². The lowest BCUT2D eigenvalue weighted by atomic mass is 10.0. The summed E-state index contributed by atoms with van der Waals surface area (Å²) in [6, 6.07) is 1.73. The highest BCUT2D eigenvalue weighted by molar-refractivity contribution is 5.85. The number of rotatable bonds is 2. The van der Waals surface area contributed by atoms with E-state index in [-0.39, 0.29) is 12.1 Å². The number of piperidine rings is 1. The molecule has 1 atom stereocenters. The van der Waals surface area contributed by atoms with E-state index in [4.69, 9.17) is 5.11 Å². The van der Waals surface area contributed by atoms with Crippen LogP contribution in [0.5, 0.6) is 0 Å². The third-order valence-electron chi connectivity index (χ3n) is 2.78. The molecular formula is C10H12F2N2O2. The quantitative estimate of drug-likeness (QED) is 0.806. The third-order valence-corrected chi connectivity index (χ3v) is 2.78. The van der Waals surface area contributed by atoms with Gasteiger partial charge in [0.2, 0.25) is 0 Å². The molecule has 1 aliphatic heterocycles. The Bertz CT molecular complexity index is 403. The number of nitrogens with zero attached hydrogens (tertiary/aromatic N) is 1. The van der Waals surface area contributed by atoms with E-state index < -0.39 is 24.5 Å². The first-order valence-electron chi connectivity index (χ1n) is 5.01. The number of aromatic nitrogens is 1. The molecule has 2 heterocycles. The molecule has 1 aliphatic rings. The van der Waals surface area contributed by atoms with Crippen molar-refractivity contribution in [2.24, 2.45) is 0 Å². The van der Waals surface area contributed by atoms with E-state index in [1.54, 1.807) is 0 Å². The maximum atomic E-state index is 13.6. The molecule has 1 saturated heterocycles. The second kappa shape index (κ2) is 3.86. The van der Waals surface area contributed by atoms with Gasteiger partial charge in [0, 0.05) is 6.20 Å². The zero-order chi connectivity index (χ0) is 11.8. The minimum absolute atomic E-state index is 0.0911. The summed E-state index contributed by atoms with van der Waals surface area (Å²) in [5.74, 6) is -4.10. The van der Waals surface area contributed by atoms with Gasteiger partial charge in [0.25, 0.3) is 5.92 Å². The summed E-state index contributed by atoms with van der Waals surface area (Å²) in [5, 5.41) is 11.5. The van der Waals surface area contributed by atoms with Crippen LogP contribution in [0, 0.1) is 0 Å². The van der Waals surface area contributed by atoms with Crippen molar-refractivity contribution < 1.29 is 18.7 Å². The number of carbonyl (C=O) groups is 1. The standard InChI is InChI=1S/C10H12F2N2O2/c11-10(12)6-13-4-3-8(10)14-5-1-2-7(14)9(15)16/h1-2,5,8,13H,3-4,6H2,(H,15,16). The number of hydrogen-bond acceptors (Lipinski definition) is 2. The van der Waals surface area contributed by atoms with Gasteiger partial charge in [-0.15, -0.1) is 0 Å². The molecule has 0 aliphatic carbocycles. The summed E-state index contributed by atoms with van der Waals surface area (Å²) >= 11 is 0. The van der Waals surface area contributed by atoms with Crippen molar-refractivity contribution in [1.29, 1.82) is 0 Å². The first-order chi connectivity index (χ1) is 7.52. The maximum Gasteiger partial charge on any atom is 0.352 e. The molecule has 0 saturated carbocycles. The number of carboxylic acids is 1. The number of aromatic carboxylic acids is 1. The lowest BCUT2D eigenvalue weighted by Gasteiger charge is -2.33. The lowest BCUT2D eigenvalue weighted by molar-refractivity contribution is -0.0663. The SMILES string of the molecule is O=C(O)c1cccn1C1CCNCC1(F)F. The van der Waals surface area contributed by atoms with Crippen molar-refractivity contribution in [2.75, 3.05) is 13.1 Å². The number of halogens is 2. The zero-order valence-corrected chi connectivity index (χ0v) is 8.49. The van der Waals surface area contributed by atoms with E-state index in [1.165, 1.54) is 18.3 Å². The van der Waals surface area contributed by atoms with Gasteiger partial charge < -0.3 is 15.0 Å². The van der Waals surface area contributed by atoms with E-state index in [0.29, 0.717) is 6.54 Å². The van der Waals surface area contributed by atoms with Crippen LogP contribution in [0.25, 0.3) is 0 Å². The Hall–Kier alpha value is -1.43. The van der Waals surface area contributed by atoms with Gasteiger partial charge in [0.05, 0.1) is 12.6 Å². The van der Waals surface area contributed by atoms with E-state index in [9.17, 15) is 13.6 Å². The van der Waals surface area contributed by atoms with Crippen LogP contribution in [0.1, 0.15) is 23.0 Å². The third kappa shape index (κ3) is 1.80. The number of carboxylic acid groups (broad SMARTS) is 1. The summed E-state index contributed by atoms with van der Waals surface area (Å²) in [4.78, 5) is 10.9. The summed E-state index contributed by atoms with van der Waals surface area (Å²) in [6.07, 6.45) is 1.62. The van der Waals surface area contributed by atoms with Crippen LogP contribution in [0.15, 0.2) is 18.3 Å². The molecule has 0 amide bonds. The van der Waals surface area contributed by atoms with Gasteiger partial charge in [0.15, 0.2) is 0 Å². The molecule has 1 aromatic heterocycles. The Morgan fingerprint density at radius 3 is 3.00 bits per heavy atom. The molecular weight excluding hydrogens is 218 g/mol. The molecule has 2 rings (SSSR count). The molecule has 2 N–H and O–H groups in total. The highest BCUT2D eigenvalue weighted by Gasteiger charge is 2.43.